The van der Waals surface area contributed by atoms with Crippen LogP contribution in [0.2, 0.25) is 0 Å². The zero-order chi connectivity index (χ0) is 15.7. The summed E-state index contributed by atoms with van der Waals surface area (Å²) in [5.74, 6) is -0.978. The lowest BCUT2D eigenvalue weighted by Crippen LogP contribution is -2.30. The molecule has 1 unspecified atom stereocenters. The maximum atomic E-state index is 11.5. The molecule has 0 saturated heterocycles. The first-order valence-corrected chi connectivity index (χ1v) is 6.65. The van der Waals surface area contributed by atoms with E-state index in [0.29, 0.717) is 30.7 Å². The monoisotopic (exact) mass is 290 g/mol. The van der Waals surface area contributed by atoms with E-state index >= 15 is 0 Å². The molecule has 6 heteroatoms. The zero-order valence-electron chi connectivity index (χ0n) is 11.8. The summed E-state index contributed by atoms with van der Waals surface area (Å²) in [6.45, 7) is 1.95. The fourth-order valence-corrected chi connectivity index (χ4v) is 1.59. The van der Waals surface area contributed by atoms with Gasteiger partial charge in [-0.15, -0.1) is 0 Å². The number of hydrogen-bond donors (Lipinski definition) is 2. The van der Waals surface area contributed by atoms with Crippen molar-refractivity contribution in [2.75, 3.05) is 13.2 Å². The molecule has 0 aliphatic rings. The molecule has 0 aliphatic carbocycles. The van der Waals surface area contributed by atoms with Crippen LogP contribution in [0, 0.1) is 17.2 Å². The Morgan fingerprint density at radius 3 is 2.62 bits per heavy atom. The molecule has 6 nitrogen and oxygen atoms in total. The fraction of sp³-hybridized carbons (Fsp3) is 0.400. The van der Waals surface area contributed by atoms with E-state index in [1.165, 1.54) is 0 Å². The third-order valence-electron chi connectivity index (χ3n) is 2.91. The molecule has 21 heavy (non-hydrogen) atoms. The number of carbonyl (C=O) groups is 2. The van der Waals surface area contributed by atoms with Gasteiger partial charge >= 0.3 is 5.97 Å². The van der Waals surface area contributed by atoms with Gasteiger partial charge in [0.15, 0.2) is 6.61 Å². The minimum atomic E-state index is -0.828. The number of carbonyl (C=O) groups excluding carboxylic acids is 1. The summed E-state index contributed by atoms with van der Waals surface area (Å²) < 4.78 is 5.27. The van der Waals surface area contributed by atoms with Crippen LogP contribution in [0.25, 0.3) is 0 Å². The van der Waals surface area contributed by atoms with E-state index in [2.05, 4.69) is 5.32 Å². The van der Waals surface area contributed by atoms with Crippen LogP contribution in [0.5, 0.6) is 5.75 Å². The van der Waals surface area contributed by atoms with Gasteiger partial charge in [-0.2, -0.15) is 5.26 Å². The quantitative estimate of drug-likeness (QED) is 0.708. The minimum Gasteiger partial charge on any atom is -0.484 e. The summed E-state index contributed by atoms with van der Waals surface area (Å²) in [6, 6.07) is 8.47. The number of amides is 1. The Bertz CT molecular complexity index is 519. The molecule has 0 heterocycles. The Balaban J connectivity index is 2.19. The first-order valence-electron chi connectivity index (χ1n) is 6.65. The lowest BCUT2D eigenvalue weighted by atomic mass is 10.1. The van der Waals surface area contributed by atoms with Crippen molar-refractivity contribution in [3.05, 3.63) is 29.8 Å². The lowest BCUT2D eigenvalue weighted by Gasteiger charge is -2.08. The number of aliphatic carboxylic acids is 1. The topological polar surface area (TPSA) is 99.4 Å². The average molecular weight is 290 g/mol. The number of hydrogen-bond acceptors (Lipinski definition) is 4. The minimum absolute atomic E-state index is 0.111. The van der Waals surface area contributed by atoms with Crippen LogP contribution >= 0.6 is 0 Å². The molecule has 1 amide bonds. The van der Waals surface area contributed by atoms with Crippen molar-refractivity contribution in [1.82, 2.24) is 5.32 Å². The summed E-state index contributed by atoms with van der Waals surface area (Å²) in [5, 5.41) is 20.0. The number of nitrogens with zero attached hydrogens (tertiary/aromatic N) is 1. The SMILES string of the molecule is CC(CCCNC(=O)COc1ccc(C#N)cc1)C(=O)O. The van der Waals surface area contributed by atoms with E-state index in [0.717, 1.165) is 0 Å². The molecule has 1 rings (SSSR count). The third-order valence-corrected chi connectivity index (χ3v) is 2.91. The molecular weight excluding hydrogens is 272 g/mol. The number of rotatable bonds is 8. The van der Waals surface area contributed by atoms with Crippen molar-refractivity contribution in [2.45, 2.75) is 19.8 Å². The maximum absolute atomic E-state index is 11.5. The maximum Gasteiger partial charge on any atom is 0.306 e. The van der Waals surface area contributed by atoms with Crippen LogP contribution in [0.3, 0.4) is 0 Å². The van der Waals surface area contributed by atoms with E-state index in [9.17, 15) is 9.59 Å². The van der Waals surface area contributed by atoms with Gasteiger partial charge < -0.3 is 15.2 Å². The number of carboxylic acids is 1. The predicted octanol–water partition coefficient (Wildman–Crippen LogP) is 1.55. The highest BCUT2D eigenvalue weighted by Crippen LogP contribution is 2.11. The molecule has 1 aromatic rings. The van der Waals surface area contributed by atoms with Crippen LogP contribution in [0.4, 0.5) is 0 Å². The normalized spacial score (nSPS) is 11.2. The number of carboxylic acid groups (broad SMARTS) is 1. The second-order valence-electron chi connectivity index (χ2n) is 4.66. The smallest absolute Gasteiger partial charge is 0.306 e. The largest absolute Gasteiger partial charge is 0.484 e. The van der Waals surface area contributed by atoms with Crippen molar-refractivity contribution in [2.24, 2.45) is 5.92 Å². The van der Waals surface area contributed by atoms with Gasteiger partial charge in [0, 0.05) is 6.54 Å². The Hall–Kier alpha value is -2.55. The van der Waals surface area contributed by atoms with E-state index in [-0.39, 0.29) is 12.5 Å². The highest BCUT2D eigenvalue weighted by atomic mass is 16.5. The van der Waals surface area contributed by atoms with Crippen LogP contribution in [0.1, 0.15) is 25.3 Å². The first-order chi connectivity index (χ1) is 10.0. The number of benzene rings is 1. The van der Waals surface area contributed by atoms with Gasteiger partial charge in [0.05, 0.1) is 17.6 Å². The zero-order valence-corrected chi connectivity index (χ0v) is 11.8. The Morgan fingerprint density at radius 1 is 1.38 bits per heavy atom. The average Bonchev–Trinajstić information content (AvgIpc) is 2.49. The summed E-state index contributed by atoms with van der Waals surface area (Å²) in [5.41, 5.74) is 0.527. The Kier molecular flexibility index (Phi) is 6.75. The summed E-state index contributed by atoms with van der Waals surface area (Å²) >= 11 is 0. The summed E-state index contributed by atoms with van der Waals surface area (Å²) in [4.78, 5) is 22.1. The molecule has 1 atom stereocenters. The molecule has 1 aromatic carbocycles. The second kappa shape index (κ2) is 8.59. The molecule has 0 fully saturated rings. The second-order valence-corrected chi connectivity index (χ2v) is 4.66. The molecule has 0 saturated carbocycles. The Labute approximate surface area is 123 Å². The number of nitrogens with one attached hydrogen (secondary N) is 1. The summed E-state index contributed by atoms with van der Waals surface area (Å²) in [7, 11) is 0. The molecule has 2 N–H and O–H groups in total. The van der Waals surface area contributed by atoms with Gasteiger partial charge in [-0.3, -0.25) is 9.59 Å². The van der Waals surface area contributed by atoms with Gasteiger partial charge in [0.2, 0.25) is 0 Å². The highest BCUT2D eigenvalue weighted by molar-refractivity contribution is 5.77. The van der Waals surface area contributed by atoms with Gasteiger partial charge in [0.1, 0.15) is 5.75 Å². The van der Waals surface area contributed by atoms with E-state index < -0.39 is 11.9 Å². The van der Waals surface area contributed by atoms with Crippen molar-refractivity contribution in [1.29, 1.82) is 5.26 Å². The van der Waals surface area contributed by atoms with Crippen molar-refractivity contribution < 1.29 is 19.4 Å². The van der Waals surface area contributed by atoms with Crippen molar-refractivity contribution in [3.63, 3.8) is 0 Å². The highest BCUT2D eigenvalue weighted by Gasteiger charge is 2.10. The molecular formula is C15H18N2O4. The first kappa shape index (κ1) is 16.5. The van der Waals surface area contributed by atoms with E-state index in [4.69, 9.17) is 15.1 Å². The molecule has 0 spiro atoms. The third kappa shape index (κ3) is 6.43. The Morgan fingerprint density at radius 2 is 2.05 bits per heavy atom. The molecule has 112 valence electrons. The molecule has 0 aromatic heterocycles. The summed E-state index contributed by atoms with van der Waals surface area (Å²) in [6.07, 6.45) is 1.13. The van der Waals surface area contributed by atoms with Crippen LogP contribution in [-0.4, -0.2) is 30.1 Å². The number of nitriles is 1. The molecule has 0 radical (unpaired) electrons. The van der Waals surface area contributed by atoms with Crippen molar-refractivity contribution in [3.8, 4) is 11.8 Å². The van der Waals surface area contributed by atoms with Gasteiger partial charge in [0.25, 0.3) is 5.91 Å². The lowest BCUT2D eigenvalue weighted by molar-refractivity contribution is -0.141. The molecule has 0 bridgehead atoms. The van der Waals surface area contributed by atoms with Crippen molar-refractivity contribution >= 4 is 11.9 Å². The predicted molar refractivity (Wildman–Crippen MR) is 75.7 cm³/mol. The van der Waals surface area contributed by atoms with Crippen LogP contribution < -0.4 is 10.1 Å². The van der Waals surface area contributed by atoms with Gasteiger partial charge in [-0.05, 0) is 37.1 Å². The van der Waals surface area contributed by atoms with Gasteiger partial charge in [-0.25, -0.2) is 0 Å². The van der Waals surface area contributed by atoms with E-state index in [1.807, 2.05) is 6.07 Å². The molecule has 0 aliphatic heterocycles. The number of ether oxygens (including phenoxy) is 1. The van der Waals surface area contributed by atoms with Gasteiger partial charge in [-0.1, -0.05) is 6.92 Å². The standard InChI is InChI=1S/C15H18N2O4/c1-11(15(19)20)3-2-8-17-14(18)10-21-13-6-4-12(9-16)5-7-13/h4-7,11H,2-3,8,10H2,1H3,(H,17,18)(H,19,20). The van der Waals surface area contributed by atoms with Crippen LogP contribution in [0.15, 0.2) is 24.3 Å². The van der Waals surface area contributed by atoms with Crippen LogP contribution in [-0.2, 0) is 9.59 Å². The fourth-order valence-electron chi connectivity index (χ4n) is 1.59. The van der Waals surface area contributed by atoms with E-state index in [1.54, 1.807) is 31.2 Å².